The van der Waals surface area contributed by atoms with Gasteiger partial charge in [0.2, 0.25) is 0 Å². The van der Waals surface area contributed by atoms with Gasteiger partial charge < -0.3 is 21.4 Å². The van der Waals surface area contributed by atoms with Gasteiger partial charge in [0.15, 0.2) is 0 Å². The van der Waals surface area contributed by atoms with Gasteiger partial charge in [-0.15, -0.1) is 0 Å². The molecule has 5 aromatic heterocycles. The van der Waals surface area contributed by atoms with E-state index in [0.717, 1.165) is 68.5 Å². The molecule has 5 aromatic rings. The molecule has 1 fully saturated rings. The molecular weight excluding hydrogens is 464 g/mol. The van der Waals surface area contributed by atoms with Gasteiger partial charge in [-0.2, -0.15) is 5.10 Å². The Hall–Kier alpha value is -4.83. The summed E-state index contributed by atoms with van der Waals surface area (Å²) in [6.07, 6.45) is 16.2. The van der Waals surface area contributed by atoms with Crippen LogP contribution in [0.3, 0.4) is 0 Å². The number of nitrogens with two attached hydrogens (primary N) is 2. The van der Waals surface area contributed by atoms with E-state index >= 15 is 0 Å². The molecule has 10 heteroatoms. The summed E-state index contributed by atoms with van der Waals surface area (Å²) in [6, 6.07) is 6.22. The minimum atomic E-state index is 0.170. The number of nitrogens with zero attached hydrogens (tertiary/aromatic N) is 6. The Morgan fingerprint density at radius 1 is 1.08 bits per heavy atom. The van der Waals surface area contributed by atoms with E-state index in [1.165, 1.54) is 0 Å². The van der Waals surface area contributed by atoms with E-state index in [0.29, 0.717) is 5.69 Å². The zero-order valence-corrected chi connectivity index (χ0v) is 20.3. The summed E-state index contributed by atoms with van der Waals surface area (Å²) >= 11 is 0. The summed E-state index contributed by atoms with van der Waals surface area (Å²) in [5.74, 6) is 0.786. The first-order valence-electron chi connectivity index (χ1n) is 12.0. The Morgan fingerprint density at radius 3 is 2.65 bits per heavy atom. The van der Waals surface area contributed by atoms with Gasteiger partial charge in [0.05, 0.1) is 40.8 Å². The van der Waals surface area contributed by atoms with Crippen LogP contribution in [0.1, 0.15) is 12.6 Å². The summed E-state index contributed by atoms with van der Waals surface area (Å²) in [6.45, 7) is 3.49. The zero-order chi connectivity index (χ0) is 25.4. The van der Waals surface area contributed by atoms with Crippen LogP contribution in [0.25, 0.3) is 51.1 Å². The lowest BCUT2D eigenvalue weighted by Gasteiger charge is -2.37. The van der Waals surface area contributed by atoms with Crippen LogP contribution in [-0.2, 0) is 0 Å². The van der Waals surface area contributed by atoms with E-state index < -0.39 is 0 Å². The Bertz CT molecular complexity index is 1730. The predicted molar refractivity (Wildman–Crippen MR) is 145 cm³/mol. The van der Waals surface area contributed by atoms with Crippen molar-refractivity contribution < 1.29 is 0 Å². The van der Waals surface area contributed by atoms with E-state index in [1.807, 2.05) is 43.6 Å². The van der Waals surface area contributed by atoms with Crippen LogP contribution >= 0.6 is 0 Å². The van der Waals surface area contributed by atoms with Crippen LogP contribution < -0.4 is 26.9 Å². The number of fused-ring (bicyclic) bond motifs is 1. The molecule has 184 valence electrons. The number of H-pyrrole nitrogens is 2. The van der Waals surface area contributed by atoms with Crippen molar-refractivity contribution in [3.05, 3.63) is 77.8 Å². The van der Waals surface area contributed by atoms with Gasteiger partial charge >= 0.3 is 0 Å². The van der Waals surface area contributed by atoms with Gasteiger partial charge in [-0.3, -0.25) is 20.1 Å². The third-order valence-electron chi connectivity index (χ3n) is 6.54. The summed E-state index contributed by atoms with van der Waals surface area (Å²) < 4.78 is 0. The second-order valence-corrected chi connectivity index (χ2v) is 8.95. The van der Waals surface area contributed by atoms with Gasteiger partial charge in [-0.25, -0.2) is 4.98 Å². The fourth-order valence-electron chi connectivity index (χ4n) is 4.59. The monoisotopic (exact) mass is 490 g/mol. The first kappa shape index (κ1) is 22.6. The number of anilines is 1. The van der Waals surface area contributed by atoms with Gasteiger partial charge in [-0.05, 0) is 36.8 Å². The smallest absolute Gasteiger partial charge is 0.147 e. The fourth-order valence-corrected chi connectivity index (χ4v) is 4.59. The molecule has 1 saturated heterocycles. The molecule has 0 spiro atoms. The molecule has 0 aliphatic carbocycles. The first-order valence-corrected chi connectivity index (χ1v) is 12.0. The number of nitrogens with one attached hydrogen (secondary N) is 2. The average Bonchev–Trinajstić information content (AvgIpc) is 3.54. The van der Waals surface area contributed by atoms with Crippen molar-refractivity contribution in [1.82, 2.24) is 35.1 Å². The summed E-state index contributed by atoms with van der Waals surface area (Å²) in [7, 11) is 0. The zero-order valence-electron chi connectivity index (χ0n) is 20.3. The highest BCUT2D eigenvalue weighted by Crippen LogP contribution is 2.30. The van der Waals surface area contributed by atoms with Crippen LogP contribution in [0.2, 0.25) is 0 Å². The lowest BCUT2D eigenvalue weighted by molar-refractivity contribution is 0.513. The van der Waals surface area contributed by atoms with E-state index in [1.54, 1.807) is 31.0 Å². The molecular formula is C27H26N10. The number of rotatable bonds is 5. The van der Waals surface area contributed by atoms with Crippen molar-refractivity contribution in [2.75, 3.05) is 18.0 Å². The second kappa shape index (κ2) is 9.32. The fraction of sp³-hybridized carbons (Fsp3) is 0.148. The second-order valence-electron chi connectivity index (χ2n) is 8.95. The number of hydrogen-bond donors (Lipinski definition) is 4. The van der Waals surface area contributed by atoms with Crippen molar-refractivity contribution in [3.8, 4) is 22.5 Å². The standard InChI is InChI=1S/C27H26N10/c1-2-22-20(7-17(9-28)24-11-32-13-26(34-24)37-14-18(29)15-37)27(36-35-22)23-8-19-21(10-31-12-25(19)33-23)16-3-5-30-6-4-16/h2-13,18,33,35H,14-15,28-29H2,1H3/b17-9+,20-7+,22-2-. The summed E-state index contributed by atoms with van der Waals surface area (Å²) in [4.78, 5) is 23.3. The molecule has 1 aliphatic rings. The molecule has 0 aromatic carbocycles. The van der Waals surface area contributed by atoms with Gasteiger partial charge in [0.1, 0.15) is 11.5 Å². The normalized spacial score (nSPS) is 15.5. The topological polar surface area (TPSA) is 151 Å². The molecule has 6 N–H and O–H groups in total. The third-order valence-corrected chi connectivity index (χ3v) is 6.54. The largest absolute Gasteiger partial charge is 0.404 e. The molecule has 0 bridgehead atoms. The van der Waals surface area contributed by atoms with E-state index in [9.17, 15) is 0 Å². The molecule has 10 nitrogen and oxygen atoms in total. The highest BCUT2D eigenvalue weighted by atomic mass is 15.3. The van der Waals surface area contributed by atoms with Crippen LogP contribution in [-0.4, -0.2) is 54.2 Å². The van der Waals surface area contributed by atoms with E-state index in [2.05, 4.69) is 41.1 Å². The Morgan fingerprint density at radius 2 is 1.89 bits per heavy atom. The summed E-state index contributed by atoms with van der Waals surface area (Å²) in [5, 5.41) is 10.6. The molecule has 0 unspecified atom stereocenters. The minimum absolute atomic E-state index is 0.170. The highest BCUT2D eigenvalue weighted by molar-refractivity contribution is 5.97. The minimum Gasteiger partial charge on any atom is -0.404 e. The van der Waals surface area contributed by atoms with Crippen molar-refractivity contribution in [2.45, 2.75) is 13.0 Å². The maximum atomic E-state index is 6.09. The SMILES string of the molecule is C\C=c1/[nH]nc(-c2cc3c(-c4ccncc4)cncc3[nH]2)/c1=C/C(=C\N)c1cncc(N2CC(N)C2)n1. The molecule has 1 aliphatic heterocycles. The predicted octanol–water partition coefficient (Wildman–Crippen LogP) is 1.53. The van der Waals surface area contributed by atoms with Gasteiger partial charge in [0.25, 0.3) is 0 Å². The number of allylic oxidation sites excluding steroid dienone is 1. The molecule has 0 saturated carbocycles. The number of pyridine rings is 2. The van der Waals surface area contributed by atoms with Crippen LogP contribution in [0.5, 0.6) is 0 Å². The molecule has 0 amide bonds. The lowest BCUT2D eigenvalue weighted by Crippen LogP contribution is -2.56. The Labute approximate surface area is 212 Å². The van der Waals surface area contributed by atoms with Crippen LogP contribution in [0.15, 0.2) is 61.6 Å². The Balaban J connectivity index is 1.45. The third kappa shape index (κ3) is 4.13. The molecule has 0 radical (unpaired) electrons. The summed E-state index contributed by atoms with van der Waals surface area (Å²) in [5.41, 5.74) is 18.1. The quantitative estimate of drug-likeness (QED) is 0.290. The van der Waals surface area contributed by atoms with E-state index in [4.69, 9.17) is 16.5 Å². The van der Waals surface area contributed by atoms with Gasteiger partial charge in [0, 0.05) is 65.7 Å². The van der Waals surface area contributed by atoms with Crippen LogP contribution in [0.4, 0.5) is 5.82 Å². The number of aromatic nitrogens is 7. The van der Waals surface area contributed by atoms with Crippen molar-refractivity contribution in [2.24, 2.45) is 11.5 Å². The average molecular weight is 491 g/mol. The molecule has 37 heavy (non-hydrogen) atoms. The lowest BCUT2D eigenvalue weighted by atomic mass is 10.1. The van der Waals surface area contributed by atoms with E-state index in [-0.39, 0.29) is 6.04 Å². The molecule has 6 heterocycles. The maximum Gasteiger partial charge on any atom is 0.147 e. The van der Waals surface area contributed by atoms with Crippen molar-refractivity contribution in [3.63, 3.8) is 0 Å². The molecule has 6 rings (SSSR count). The maximum absolute atomic E-state index is 6.09. The van der Waals surface area contributed by atoms with Crippen molar-refractivity contribution in [1.29, 1.82) is 0 Å². The van der Waals surface area contributed by atoms with Crippen LogP contribution in [0, 0.1) is 0 Å². The van der Waals surface area contributed by atoms with Crippen molar-refractivity contribution >= 4 is 34.4 Å². The Kier molecular flexibility index (Phi) is 5.70. The first-order chi connectivity index (χ1) is 18.1. The van der Waals surface area contributed by atoms with Gasteiger partial charge in [-0.1, -0.05) is 6.08 Å². The highest BCUT2D eigenvalue weighted by Gasteiger charge is 2.24. The number of aromatic amines is 2. The number of hydrogen-bond acceptors (Lipinski definition) is 8. The molecule has 0 atom stereocenters.